The van der Waals surface area contributed by atoms with Crippen molar-refractivity contribution in [1.29, 1.82) is 0 Å². The summed E-state index contributed by atoms with van der Waals surface area (Å²) in [5, 5.41) is 6.51. The third-order valence-electron chi connectivity index (χ3n) is 4.20. The van der Waals surface area contributed by atoms with Crippen LogP contribution in [0.4, 0.5) is 0 Å². The number of rotatable bonds is 8. The Balaban J connectivity index is 1.45. The Bertz CT molecular complexity index is 1030. The van der Waals surface area contributed by atoms with E-state index in [0.717, 1.165) is 16.7 Å². The average Bonchev–Trinajstić information content (AvgIpc) is 2.77. The van der Waals surface area contributed by atoms with Crippen LogP contribution < -0.4 is 15.5 Å². The van der Waals surface area contributed by atoms with Crippen LogP contribution in [0.3, 0.4) is 0 Å². The molecule has 0 atom stereocenters. The Morgan fingerprint density at radius 1 is 0.967 bits per heavy atom. The molecule has 0 aromatic heterocycles. The molecule has 0 aliphatic heterocycles. The third-order valence-corrected chi connectivity index (χ3v) is 4.20. The third kappa shape index (κ3) is 6.60. The molecule has 0 fully saturated rings. The number of amides is 2. The van der Waals surface area contributed by atoms with Crippen molar-refractivity contribution >= 4 is 18.0 Å². The molecule has 3 aromatic carbocycles. The van der Waals surface area contributed by atoms with Crippen LogP contribution in [0, 0.1) is 6.92 Å². The zero-order valence-corrected chi connectivity index (χ0v) is 16.7. The van der Waals surface area contributed by atoms with Crippen LogP contribution in [0.5, 0.6) is 5.75 Å². The van der Waals surface area contributed by atoms with Gasteiger partial charge in [0.05, 0.1) is 12.8 Å². The lowest BCUT2D eigenvalue weighted by molar-refractivity contribution is -0.120. The molecule has 0 aliphatic rings. The van der Waals surface area contributed by atoms with E-state index in [-0.39, 0.29) is 12.5 Å². The molecule has 3 aromatic rings. The monoisotopic (exact) mass is 401 g/mol. The summed E-state index contributed by atoms with van der Waals surface area (Å²) in [5.41, 5.74) is 5.75. The smallest absolute Gasteiger partial charge is 0.259 e. The van der Waals surface area contributed by atoms with Crippen LogP contribution in [0.1, 0.15) is 27.0 Å². The fourth-order valence-electron chi connectivity index (χ4n) is 2.69. The van der Waals surface area contributed by atoms with Gasteiger partial charge in [0.15, 0.2) is 0 Å². The van der Waals surface area contributed by atoms with Gasteiger partial charge in [-0.15, -0.1) is 0 Å². The molecule has 2 amide bonds. The molecule has 0 radical (unpaired) electrons. The molecule has 0 saturated heterocycles. The maximum atomic E-state index is 12.1. The Kier molecular flexibility index (Phi) is 7.33. The second-order valence-electron chi connectivity index (χ2n) is 6.69. The second kappa shape index (κ2) is 10.6. The van der Waals surface area contributed by atoms with Crippen LogP contribution in [0.2, 0.25) is 0 Å². The van der Waals surface area contributed by atoms with Crippen molar-refractivity contribution in [3.63, 3.8) is 0 Å². The van der Waals surface area contributed by atoms with Crippen LogP contribution >= 0.6 is 0 Å². The number of carbonyl (C=O) groups excluding carboxylic acids is 2. The quantitative estimate of drug-likeness (QED) is 0.448. The fourth-order valence-corrected chi connectivity index (χ4v) is 2.69. The molecule has 0 aliphatic carbocycles. The minimum Gasteiger partial charge on any atom is -0.489 e. The molecule has 2 N–H and O–H groups in total. The average molecular weight is 401 g/mol. The number of hydrazone groups is 1. The molecule has 152 valence electrons. The fraction of sp³-hybridized carbons (Fsp3) is 0.125. The molecular formula is C24H23N3O3. The molecule has 3 rings (SSSR count). The number of hydrogen-bond acceptors (Lipinski definition) is 4. The van der Waals surface area contributed by atoms with E-state index in [1.165, 1.54) is 6.21 Å². The Labute approximate surface area is 175 Å². The molecule has 6 nitrogen and oxygen atoms in total. The van der Waals surface area contributed by atoms with Crippen molar-refractivity contribution in [3.8, 4) is 5.75 Å². The summed E-state index contributed by atoms with van der Waals surface area (Å²) in [7, 11) is 0. The largest absolute Gasteiger partial charge is 0.489 e. The first-order valence-corrected chi connectivity index (χ1v) is 9.54. The molecule has 0 heterocycles. The Morgan fingerprint density at radius 3 is 2.57 bits per heavy atom. The zero-order valence-electron chi connectivity index (χ0n) is 16.7. The van der Waals surface area contributed by atoms with E-state index in [9.17, 15) is 9.59 Å². The van der Waals surface area contributed by atoms with E-state index < -0.39 is 5.91 Å². The van der Waals surface area contributed by atoms with Crippen molar-refractivity contribution < 1.29 is 14.3 Å². The van der Waals surface area contributed by atoms with E-state index >= 15 is 0 Å². The maximum Gasteiger partial charge on any atom is 0.259 e. The highest BCUT2D eigenvalue weighted by Gasteiger charge is 2.07. The highest BCUT2D eigenvalue weighted by molar-refractivity contribution is 5.96. The summed E-state index contributed by atoms with van der Waals surface area (Å²) in [5.74, 6) is -0.00983. The van der Waals surface area contributed by atoms with Gasteiger partial charge in [-0.3, -0.25) is 9.59 Å². The van der Waals surface area contributed by atoms with Crippen molar-refractivity contribution in [2.75, 3.05) is 6.54 Å². The predicted molar refractivity (Wildman–Crippen MR) is 116 cm³/mol. The molecule has 6 heteroatoms. The number of hydrogen-bond donors (Lipinski definition) is 2. The first kappa shape index (κ1) is 20.8. The van der Waals surface area contributed by atoms with E-state index in [1.54, 1.807) is 18.2 Å². The van der Waals surface area contributed by atoms with Gasteiger partial charge in [-0.2, -0.15) is 5.10 Å². The summed E-state index contributed by atoms with van der Waals surface area (Å²) in [4.78, 5) is 24.0. The summed E-state index contributed by atoms with van der Waals surface area (Å²) in [6, 6.07) is 24.4. The molecular weight excluding hydrogens is 378 g/mol. The van der Waals surface area contributed by atoms with Gasteiger partial charge < -0.3 is 10.1 Å². The van der Waals surface area contributed by atoms with Crippen LogP contribution in [0.15, 0.2) is 84.0 Å². The molecule has 0 bridgehead atoms. The van der Waals surface area contributed by atoms with Gasteiger partial charge in [-0.05, 0) is 42.3 Å². The first-order chi connectivity index (χ1) is 14.6. The van der Waals surface area contributed by atoms with E-state index in [1.807, 2.05) is 67.6 Å². The normalized spacial score (nSPS) is 10.6. The van der Waals surface area contributed by atoms with Crippen molar-refractivity contribution in [2.45, 2.75) is 13.5 Å². The highest BCUT2D eigenvalue weighted by atomic mass is 16.5. The van der Waals surface area contributed by atoms with Crippen LogP contribution in [0.25, 0.3) is 0 Å². The van der Waals surface area contributed by atoms with Gasteiger partial charge in [0.1, 0.15) is 12.4 Å². The Morgan fingerprint density at radius 2 is 1.77 bits per heavy atom. The minimum absolute atomic E-state index is 0.162. The second-order valence-corrected chi connectivity index (χ2v) is 6.69. The van der Waals surface area contributed by atoms with Gasteiger partial charge in [-0.1, -0.05) is 60.2 Å². The molecule has 0 saturated carbocycles. The van der Waals surface area contributed by atoms with E-state index in [2.05, 4.69) is 15.8 Å². The highest BCUT2D eigenvalue weighted by Crippen LogP contribution is 2.14. The van der Waals surface area contributed by atoms with E-state index in [0.29, 0.717) is 17.9 Å². The maximum absolute atomic E-state index is 12.1. The van der Waals surface area contributed by atoms with Crippen molar-refractivity contribution in [3.05, 3.63) is 101 Å². The molecule has 30 heavy (non-hydrogen) atoms. The van der Waals surface area contributed by atoms with Gasteiger partial charge in [0, 0.05) is 5.56 Å². The Hall–Kier alpha value is -3.93. The van der Waals surface area contributed by atoms with Crippen molar-refractivity contribution in [2.24, 2.45) is 5.10 Å². The van der Waals surface area contributed by atoms with E-state index in [4.69, 9.17) is 4.74 Å². The summed E-state index contributed by atoms with van der Waals surface area (Å²) in [6.07, 6.45) is 1.52. The zero-order chi connectivity index (χ0) is 21.2. The van der Waals surface area contributed by atoms with Crippen LogP contribution in [-0.2, 0) is 11.4 Å². The molecule has 0 spiro atoms. The SMILES string of the molecule is Cc1cccc(C(=O)NCC(=O)N/N=C\c2cccc(OCc3ccccc3)c2)c1. The number of benzene rings is 3. The summed E-state index contributed by atoms with van der Waals surface area (Å²) >= 11 is 0. The van der Waals surface area contributed by atoms with Crippen molar-refractivity contribution in [1.82, 2.24) is 10.7 Å². The number of nitrogens with zero attached hydrogens (tertiary/aromatic N) is 1. The van der Waals surface area contributed by atoms with Gasteiger partial charge in [-0.25, -0.2) is 5.43 Å². The topological polar surface area (TPSA) is 79.8 Å². The summed E-state index contributed by atoms with van der Waals surface area (Å²) < 4.78 is 5.78. The van der Waals surface area contributed by atoms with Gasteiger partial charge in [0.2, 0.25) is 0 Å². The summed E-state index contributed by atoms with van der Waals surface area (Å²) in [6.45, 7) is 2.21. The first-order valence-electron chi connectivity index (χ1n) is 9.54. The number of aryl methyl sites for hydroxylation is 1. The van der Waals surface area contributed by atoms with Gasteiger partial charge in [0.25, 0.3) is 11.8 Å². The standard InChI is InChI=1S/C24H23N3O3/c1-18-7-5-11-21(13-18)24(29)25-16-23(28)27-26-15-20-10-6-12-22(14-20)30-17-19-8-3-2-4-9-19/h2-15H,16-17H2,1H3,(H,25,29)(H,27,28)/b26-15-. The predicted octanol–water partition coefficient (Wildman–Crippen LogP) is 3.45. The lowest BCUT2D eigenvalue weighted by atomic mass is 10.1. The minimum atomic E-state index is -0.413. The number of nitrogens with one attached hydrogen (secondary N) is 2. The lowest BCUT2D eigenvalue weighted by Gasteiger charge is -2.07. The number of carbonyl (C=O) groups is 2. The lowest BCUT2D eigenvalue weighted by Crippen LogP contribution is -2.34. The van der Waals surface area contributed by atoms with Gasteiger partial charge >= 0.3 is 0 Å². The molecule has 0 unspecified atom stereocenters. The van der Waals surface area contributed by atoms with Crippen LogP contribution in [-0.4, -0.2) is 24.6 Å². The number of ether oxygens (including phenoxy) is 1.